The Bertz CT molecular complexity index is 515. The molecule has 0 unspecified atom stereocenters. The smallest absolute Gasteiger partial charge is 0.319 e. The van der Waals surface area contributed by atoms with Gasteiger partial charge in [-0.25, -0.2) is 4.79 Å². The summed E-state index contributed by atoms with van der Waals surface area (Å²) in [6.07, 6.45) is 3.85. The van der Waals surface area contributed by atoms with E-state index in [1.807, 2.05) is 18.2 Å². The van der Waals surface area contributed by atoms with Crippen LogP contribution in [0.15, 0.2) is 18.2 Å². The van der Waals surface area contributed by atoms with Crippen LogP contribution in [0.2, 0.25) is 0 Å². The summed E-state index contributed by atoms with van der Waals surface area (Å²) in [6, 6.07) is 6.85. The van der Waals surface area contributed by atoms with Crippen LogP contribution in [0.3, 0.4) is 0 Å². The summed E-state index contributed by atoms with van der Waals surface area (Å²) in [5.41, 5.74) is 3.27. The first kappa shape index (κ1) is 16.8. The molecule has 2 amide bonds. The Kier molecular flexibility index (Phi) is 5.83. The van der Waals surface area contributed by atoms with Crippen LogP contribution in [0.5, 0.6) is 0 Å². The predicted molar refractivity (Wildman–Crippen MR) is 92.4 cm³/mol. The van der Waals surface area contributed by atoms with Crippen molar-refractivity contribution in [3.05, 3.63) is 29.3 Å². The molecular formula is C18H29N3O. The fraction of sp³-hybridized carbons (Fsp3) is 0.611. The molecule has 2 rings (SSSR count). The normalized spacial score (nSPS) is 20.5. The number of carbonyl (C=O) groups is 1. The molecular weight excluding hydrogens is 274 g/mol. The van der Waals surface area contributed by atoms with Crippen molar-refractivity contribution in [3.63, 3.8) is 0 Å². The van der Waals surface area contributed by atoms with Gasteiger partial charge in [0.15, 0.2) is 0 Å². The molecule has 0 spiro atoms. The van der Waals surface area contributed by atoms with Gasteiger partial charge in [-0.05, 0) is 70.3 Å². The highest BCUT2D eigenvalue weighted by molar-refractivity contribution is 5.89. The number of urea groups is 1. The van der Waals surface area contributed by atoms with Crippen LogP contribution in [0.25, 0.3) is 0 Å². The summed E-state index contributed by atoms with van der Waals surface area (Å²) < 4.78 is 0. The van der Waals surface area contributed by atoms with E-state index in [1.54, 1.807) is 0 Å². The first-order chi connectivity index (χ1) is 10.5. The zero-order valence-electron chi connectivity index (χ0n) is 14.3. The molecule has 0 bridgehead atoms. The first-order valence-corrected chi connectivity index (χ1v) is 8.35. The molecule has 4 heteroatoms. The molecule has 1 aromatic carbocycles. The number of benzene rings is 1. The minimum atomic E-state index is -0.125. The number of carbonyl (C=O) groups excluding carboxylic acids is 1. The van der Waals surface area contributed by atoms with E-state index in [2.05, 4.69) is 43.2 Å². The Hall–Kier alpha value is -1.55. The van der Waals surface area contributed by atoms with Gasteiger partial charge in [0.2, 0.25) is 0 Å². The maximum atomic E-state index is 12.0. The van der Waals surface area contributed by atoms with Crippen LogP contribution in [-0.4, -0.2) is 36.1 Å². The Morgan fingerprint density at radius 1 is 1.32 bits per heavy atom. The predicted octanol–water partition coefficient (Wildman–Crippen LogP) is 3.69. The third kappa shape index (κ3) is 4.47. The van der Waals surface area contributed by atoms with E-state index in [9.17, 15) is 4.79 Å². The number of likely N-dealkylation sites (tertiary alicyclic amines) is 1. The van der Waals surface area contributed by atoms with E-state index in [0.29, 0.717) is 18.6 Å². The van der Waals surface area contributed by atoms with Crippen molar-refractivity contribution in [1.82, 2.24) is 10.2 Å². The molecule has 0 radical (unpaired) electrons. The van der Waals surface area contributed by atoms with Crippen molar-refractivity contribution in [2.24, 2.45) is 0 Å². The number of hydrogen-bond donors (Lipinski definition) is 2. The van der Waals surface area contributed by atoms with Crippen LogP contribution < -0.4 is 10.6 Å². The first-order valence-electron chi connectivity index (χ1n) is 8.35. The van der Waals surface area contributed by atoms with Crippen molar-refractivity contribution >= 4 is 11.7 Å². The molecule has 0 aromatic heterocycles. The zero-order valence-corrected chi connectivity index (χ0v) is 14.3. The maximum Gasteiger partial charge on any atom is 0.319 e. The number of piperidine rings is 1. The minimum Gasteiger partial charge on any atom is -0.336 e. The summed E-state index contributed by atoms with van der Waals surface area (Å²) in [5, 5.41) is 5.90. The third-order valence-corrected chi connectivity index (χ3v) is 4.74. The summed E-state index contributed by atoms with van der Waals surface area (Å²) in [6.45, 7) is 10.4. The van der Waals surface area contributed by atoms with Gasteiger partial charge in [-0.2, -0.15) is 0 Å². The van der Waals surface area contributed by atoms with Crippen molar-refractivity contribution in [3.8, 4) is 0 Å². The van der Waals surface area contributed by atoms with Gasteiger partial charge in [0, 0.05) is 24.3 Å². The lowest BCUT2D eigenvalue weighted by atomic mass is 10.0. The maximum absolute atomic E-state index is 12.0. The fourth-order valence-corrected chi connectivity index (χ4v) is 3.13. The van der Waals surface area contributed by atoms with E-state index < -0.39 is 0 Å². The number of anilines is 1. The van der Waals surface area contributed by atoms with Crippen LogP contribution in [0.1, 0.15) is 44.2 Å². The Labute approximate surface area is 134 Å². The van der Waals surface area contributed by atoms with Crippen LogP contribution in [0, 0.1) is 13.8 Å². The summed E-state index contributed by atoms with van der Waals surface area (Å²) in [5.74, 6) is 0. The lowest BCUT2D eigenvalue weighted by Crippen LogP contribution is -2.49. The third-order valence-electron chi connectivity index (χ3n) is 4.74. The van der Waals surface area contributed by atoms with Crippen LogP contribution in [0.4, 0.5) is 10.5 Å². The number of rotatable bonds is 4. The highest BCUT2D eigenvalue weighted by Gasteiger charge is 2.23. The number of hydrogen-bond acceptors (Lipinski definition) is 2. The van der Waals surface area contributed by atoms with Gasteiger partial charge in [0.1, 0.15) is 0 Å². The molecule has 2 N–H and O–H groups in total. The number of nitrogens with one attached hydrogen (secondary N) is 2. The van der Waals surface area contributed by atoms with Gasteiger partial charge < -0.3 is 10.6 Å². The summed E-state index contributed by atoms with van der Waals surface area (Å²) in [4.78, 5) is 14.5. The van der Waals surface area contributed by atoms with Gasteiger partial charge in [0.05, 0.1) is 0 Å². The second-order valence-electron chi connectivity index (χ2n) is 6.57. The average molecular weight is 303 g/mol. The fourth-order valence-electron chi connectivity index (χ4n) is 3.13. The van der Waals surface area contributed by atoms with Gasteiger partial charge in [-0.1, -0.05) is 12.5 Å². The lowest BCUT2D eigenvalue weighted by molar-refractivity contribution is 0.114. The lowest BCUT2D eigenvalue weighted by Gasteiger charge is -2.38. The van der Waals surface area contributed by atoms with Gasteiger partial charge >= 0.3 is 6.03 Å². The van der Waals surface area contributed by atoms with Gasteiger partial charge in [-0.15, -0.1) is 0 Å². The molecule has 1 aromatic rings. The standard InChI is InChI=1S/C18H29N3O/c1-13-8-9-17(11-14(13)2)20-18(22)19-12-16(4)21-10-6-5-7-15(21)3/h8-9,11,15-16H,5-7,10,12H2,1-4H3,(H2,19,20,22)/t15-,16+/m0/s1. The molecule has 122 valence electrons. The Morgan fingerprint density at radius 3 is 2.77 bits per heavy atom. The summed E-state index contributed by atoms with van der Waals surface area (Å²) >= 11 is 0. The molecule has 2 atom stereocenters. The second kappa shape index (κ2) is 7.63. The minimum absolute atomic E-state index is 0.125. The van der Waals surface area contributed by atoms with E-state index in [1.165, 1.54) is 30.4 Å². The molecule has 0 saturated carbocycles. The van der Waals surface area contributed by atoms with Crippen molar-refractivity contribution in [1.29, 1.82) is 0 Å². The van der Waals surface area contributed by atoms with Crippen molar-refractivity contribution in [2.45, 2.75) is 59.0 Å². The monoisotopic (exact) mass is 303 g/mol. The Balaban J connectivity index is 1.80. The topological polar surface area (TPSA) is 44.4 Å². The molecule has 1 saturated heterocycles. The van der Waals surface area contributed by atoms with Crippen LogP contribution in [-0.2, 0) is 0 Å². The van der Waals surface area contributed by atoms with Gasteiger partial charge in [-0.3, -0.25) is 4.90 Å². The molecule has 1 aliphatic heterocycles. The molecule has 1 heterocycles. The number of amides is 2. The van der Waals surface area contributed by atoms with Crippen molar-refractivity contribution in [2.75, 3.05) is 18.4 Å². The average Bonchev–Trinajstić information content (AvgIpc) is 2.49. The SMILES string of the molecule is Cc1ccc(NC(=O)NC[C@@H](C)N2CCCC[C@@H]2C)cc1C. The van der Waals surface area contributed by atoms with E-state index >= 15 is 0 Å². The molecule has 1 fully saturated rings. The van der Waals surface area contributed by atoms with Gasteiger partial charge in [0.25, 0.3) is 0 Å². The number of aryl methyl sites for hydroxylation is 2. The van der Waals surface area contributed by atoms with E-state index in [4.69, 9.17) is 0 Å². The second-order valence-corrected chi connectivity index (χ2v) is 6.57. The molecule has 0 aliphatic carbocycles. The number of nitrogens with zero attached hydrogens (tertiary/aromatic N) is 1. The van der Waals surface area contributed by atoms with Crippen molar-refractivity contribution < 1.29 is 4.79 Å². The Morgan fingerprint density at radius 2 is 2.09 bits per heavy atom. The largest absolute Gasteiger partial charge is 0.336 e. The van der Waals surface area contributed by atoms with E-state index in [0.717, 1.165) is 12.2 Å². The quantitative estimate of drug-likeness (QED) is 0.891. The van der Waals surface area contributed by atoms with Crippen LogP contribution >= 0.6 is 0 Å². The highest BCUT2D eigenvalue weighted by atomic mass is 16.2. The zero-order chi connectivity index (χ0) is 16.1. The highest BCUT2D eigenvalue weighted by Crippen LogP contribution is 2.18. The molecule has 22 heavy (non-hydrogen) atoms. The molecule has 1 aliphatic rings. The molecule has 4 nitrogen and oxygen atoms in total. The summed E-state index contributed by atoms with van der Waals surface area (Å²) in [7, 11) is 0. The van der Waals surface area contributed by atoms with E-state index in [-0.39, 0.29) is 6.03 Å².